The number of nitrogens with zero attached hydrogens (tertiary/aromatic N) is 2. The Morgan fingerprint density at radius 3 is 2.71 bits per heavy atom. The number of methoxy groups -OCH3 is 2. The average Bonchev–Trinajstić information content (AvgIpc) is 3.02. The highest BCUT2D eigenvalue weighted by Crippen LogP contribution is 2.23. The lowest BCUT2D eigenvalue weighted by Crippen LogP contribution is -2.33. The van der Waals surface area contributed by atoms with Gasteiger partial charge in [-0.3, -0.25) is 4.79 Å². The Morgan fingerprint density at radius 1 is 1.29 bits per heavy atom. The number of hydrogen-bond donors (Lipinski definition) is 1. The van der Waals surface area contributed by atoms with E-state index in [2.05, 4.69) is 15.5 Å². The molecule has 0 bridgehead atoms. The SMILES string of the molecule is COCCNC(=O)[C@@H](C)Sc1nnc(Cc2ccc(OC)cc2)o1. The molecule has 0 unspecified atom stereocenters. The summed E-state index contributed by atoms with van der Waals surface area (Å²) in [4.78, 5) is 11.9. The summed E-state index contributed by atoms with van der Waals surface area (Å²) in [6.07, 6.45) is 0.534. The number of benzene rings is 1. The van der Waals surface area contributed by atoms with Gasteiger partial charge < -0.3 is 19.2 Å². The Bertz CT molecular complexity index is 645. The molecule has 8 heteroatoms. The lowest BCUT2D eigenvalue weighted by atomic mass is 10.1. The molecule has 1 heterocycles. The van der Waals surface area contributed by atoms with Crippen molar-refractivity contribution in [1.29, 1.82) is 0 Å². The van der Waals surface area contributed by atoms with Crippen molar-refractivity contribution in [1.82, 2.24) is 15.5 Å². The topological polar surface area (TPSA) is 86.5 Å². The zero-order valence-electron chi connectivity index (χ0n) is 13.9. The molecule has 0 fully saturated rings. The highest BCUT2D eigenvalue weighted by molar-refractivity contribution is 8.00. The minimum Gasteiger partial charge on any atom is -0.497 e. The van der Waals surface area contributed by atoms with Gasteiger partial charge in [-0.05, 0) is 24.6 Å². The molecule has 24 heavy (non-hydrogen) atoms. The molecule has 0 aliphatic carbocycles. The molecule has 130 valence electrons. The Kier molecular flexibility index (Phi) is 7.07. The molecular formula is C16H21N3O4S. The number of amides is 1. The third kappa shape index (κ3) is 5.54. The van der Waals surface area contributed by atoms with E-state index in [9.17, 15) is 4.79 Å². The number of carbonyl (C=O) groups is 1. The molecule has 1 aromatic heterocycles. The largest absolute Gasteiger partial charge is 0.497 e. The first kappa shape index (κ1) is 18.3. The lowest BCUT2D eigenvalue weighted by Gasteiger charge is -2.09. The van der Waals surface area contributed by atoms with Crippen molar-refractivity contribution in [3.63, 3.8) is 0 Å². The van der Waals surface area contributed by atoms with Crippen LogP contribution in [0.3, 0.4) is 0 Å². The van der Waals surface area contributed by atoms with Crippen molar-refractivity contribution in [3.8, 4) is 5.75 Å². The maximum absolute atomic E-state index is 11.9. The van der Waals surface area contributed by atoms with E-state index < -0.39 is 0 Å². The van der Waals surface area contributed by atoms with Crippen LogP contribution in [0.15, 0.2) is 33.9 Å². The third-order valence-electron chi connectivity index (χ3n) is 3.21. The van der Waals surface area contributed by atoms with Gasteiger partial charge in [-0.15, -0.1) is 10.2 Å². The number of rotatable bonds is 9. The van der Waals surface area contributed by atoms with Gasteiger partial charge in [0.15, 0.2) is 0 Å². The summed E-state index contributed by atoms with van der Waals surface area (Å²) in [5, 5.41) is 10.8. The van der Waals surface area contributed by atoms with Crippen LogP contribution in [0.1, 0.15) is 18.4 Å². The van der Waals surface area contributed by atoms with Gasteiger partial charge >= 0.3 is 0 Å². The fraction of sp³-hybridized carbons (Fsp3) is 0.438. The Balaban J connectivity index is 1.86. The molecule has 0 aliphatic rings. The molecule has 0 saturated heterocycles. The number of thioether (sulfide) groups is 1. The molecule has 0 radical (unpaired) electrons. The highest BCUT2D eigenvalue weighted by Gasteiger charge is 2.18. The first-order chi connectivity index (χ1) is 11.6. The van der Waals surface area contributed by atoms with Crippen LogP contribution >= 0.6 is 11.8 Å². The van der Waals surface area contributed by atoms with Crippen LogP contribution in [0.25, 0.3) is 0 Å². The molecular weight excluding hydrogens is 330 g/mol. The van der Waals surface area contributed by atoms with Crippen LogP contribution in [0.4, 0.5) is 0 Å². The van der Waals surface area contributed by atoms with Crippen LogP contribution in [0, 0.1) is 0 Å². The zero-order valence-corrected chi connectivity index (χ0v) is 14.8. The first-order valence-electron chi connectivity index (χ1n) is 7.51. The molecule has 1 amide bonds. The maximum Gasteiger partial charge on any atom is 0.277 e. The van der Waals surface area contributed by atoms with Crippen molar-refractivity contribution >= 4 is 17.7 Å². The predicted octanol–water partition coefficient (Wildman–Crippen LogP) is 1.91. The summed E-state index contributed by atoms with van der Waals surface area (Å²) in [6, 6.07) is 7.66. The standard InChI is InChI=1S/C16H21N3O4S/c1-11(15(20)17-8-9-21-2)24-16-19-18-14(23-16)10-12-4-6-13(22-3)7-5-12/h4-7,11H,8-10H2,1-3H3,(H,17,20)/t11-/m1/s1. The van der Waals surface area contributed by atoms with Crippen molar-refractivity contribution in [3.05, 3.63) is 35.7 Å². The molecule has 2 aromatic rings. The maximum atomic E-state index is 11.9. The van der Waals surface area contributed by atoms with E-state index in [1.807, 2.05) is 24.3 Å². The monoisotopic (exact) mass is 351 g/mol. The average molecular weight is 351 g/mol. The normalized spacial score (nSPS) is 12.0. The summed E-state index contributed by atoms with van der Waals surface area (Å²) in [5.74, 6) is 1.22. The molecule has 7 nitrogen and oxygen atoms in total. The number of carbonyl (C=O) groups excluding carboxylic acids is 1. The van der Waals surface area contributed by atoms with Gasteiger partial charge in [-0.1, -0.05) is 23.9 Å². The first-order valence-corrected chi connectivity index (χ1v) is 8.39. The van der Waals surface area contributed by atoms with Crippen molar-refractivity contribution in [2.45, 2.75) is 23.8 Å². The fourth-order valence-electron chi connectivity index (χ4n) is 1.90. The van der Waals surface area contributed by atoms with Gasteiger partial charge in [0.25, 0.3) is 5.22 Å². The number of nitrogens with one attached hydrogen (secondary N) is 1. The second kappa shape index (κ2) is 9.29. The van der Waals surface area contributed by atoms with Crippen molar-refractivity contribution in [2.24, 2.45) is 0 Å². The van der Waals surface area contributed by atoms with E-state index in [-0.39, 0.29) is 11.2 Å². The Hall–Kier alpha value is -2.06. The summed E-state index contributed by atoms with van der Waals surface area (Å²) in [7, 11) is 3.22. The molecule has 0 aliphatic heterocycles. The van der Waals surface area contributed by atoms with Crippen LogP contribution in [-0.2, 0) is 16.0 Å². The van der Waals surface area contributed by atoms with Crippen LogP contribution in [0.5, 0.6) is 5.75 Å². The zero-order chi connectivity index (χ0) is 17.4. The smallest absolute Gasteiger partial charge is 0.277 e. The lowest BCUT2D eigenvalue weighted by molar-refractivity contribution is -0.120. The second-order valence-electron chi connectivity index (χ2n) is 5.03. The van der Waals surface area contributed by atoms with Gasteiger partial charge in [0.05, 0.1) is 25.4 Å². The van der Waals surface area contributed by atoms with E-state index in [1.54, 1.807) is 21.1 Å². The van der Waals surface area contributed by atoms with E-state index >= 15 is 0 Å². The van der Waals surface area contributed by atoms with Gasteiger partial charge in [0.1, 0.15) is 5.75 Å². The third-order valence-corrected chi connectivity index (χ3v) is 4.15. The summed E-state index contributed by atoms with van der Waals surface area (Å²) < 4.78 is 15.6. The molecule has 0 spiro atoms. The molecule has 1 N–H and O–H groups in total. The number of aromatic nitrogens is 2. The van der Waals surface area contributed by atoms with E-state index in [1.165, 1.54) is 11.8 Å². The Morgan fingerprint density at radius 2 is 2.04 bits per heavy atom. The highest BCUT2D eigenvalue weighted by atomic mass is 32.2. The number of ether oxygens (including phenoxy) is 2. The van der Waals surface area contributed by atoms with Gasteiger partial charge in [0.2, 0.25) is 11.8 Å². The van der Waals surface area contributed by atoms with Crippen LogP contribution < -0.4 is 10.1 Å². The van der Waals surface area contributed by atoms with E-state index in [0.29, 0.717) is 30.7 Å². The number of hydrogen-bond acceptors (Lipinski definition) is 7. The quantitative estimate of drug-likeness (QED) is 0.545. The van der Waals surface area contributed by atoms with Crippen LogP contribution in [0.2, 0.25) is 0 Å². The van der Waals surface area contributed by atoms with Crippen molar-refractivity contribution in [2.75, 3.05) is 27.4 Å². The van der Waals surface area contributed by atoms with Crippen LogP contribution in [-0.4, -0.2) is 48.7 Å². The predicted molar refractivity (Wildman–Crippen MR) is 90.3 cm³/mol. The molecule has 1 atom stereocenters. The minimum absolute atomic E-state index is 0.0908. The summed E-state index contributed by atoms with van der Waals surface area (Å²) >= 11 is 1.23. The van der Waals surface area contributed by atoms with Crippen molar-refractivity contribution < 1.29 is 18.7 Å². The van der Waals surface area contributed by atoms with Gasteiger partial charge in [-0.2, -0.15) is 0 Å². The summed E-state index contributed by atoms with van der Waals surface area (Å²) in [6.45, 7) is 2.75. The summed E-state index contributed by atoms with van der Waals surface area (Å²) in [5.41, 5.74) is 1.04. The minimum atomic E-state index is -0.323. The van der Waals surface area contributed by atoms with E-state index in [4.69, 9.17) is 13.9 Å². The van der Waals surface area contributed by atoms with Gasteiger partial charge in [0, 0.05) is 13.7 Å². The van der Waals surface area contributed by atoms with E-state index in [0.717, 1.165) is 11.3 Å². The Labute approximate surface area is 145 Å². The molecule has 0 saturated carbocycles. The molecule has 1 aromatic carbocycles. The fourth-order valence-corrected chi connectivity index (χ4v) is 2.63. The van der Waals surface area contributed by atoms with Gasteiger partial charge in [-0.25, -0.2) is 0 Å². The molecule has 2 rings (SSSR count). The second-order valence-corrected chi connectivity index (χ2v) is 6.32.